The fraction of sp³-hybridized carbons (Fsp3) is 0.455. The molecule has 0 heterocycles. The highest BCUT2D eigenvalue weighted by Gasteiger charge is 2.05. The first kappa shape index (κ1) is 11.0. The van der Waals surface area contributed by atoms with E-state index in [0.717, 1.165) is 22.4 Å². The Morgan fingerprint density at radius 1 is 1.29 bits per heavy atom. The van der Waals surface area contributed by atoms with Gasteiger partial charge in [0.15, 0.2) is 0 Å². The molecule has 0 saturated heterocycles. The molecule has 14 heavy (non-hydrogen) atoms. The van der Waals surface area contributed by atoms with Crippen molar-refractivity contribution in [1.29, 1.82) is 0 Å². The summed E-state index contributed by atoms with van der Waals surface area (Å²) in [6.07, 6.45) is 0. The van der Waals surface area contributed by atoms with Gasteiger partial charge in [-0.05, 0) is 30.5 Å². The van der Waals surface area contributed by atoms with Crippen LogP contribution in [0.1, 0.15) is 16.7 Å². The third kappa shape index (κ3) is 2.45. The van der Waals surface area contributed by atoms with E-state index in [0.29, 0.717) is 6.54 Å². The Hall–Kier alpha value is -1.09. The van der Waals surface area contributed by atoms with E-state index >= 15 is 0 Å². The predicted molar refractivity (Wildman–Crippen MR) is 55.3 cm³/mol. The average Bonchev–Trinajstić information content (AvgIpc) is 2.16. The maximum Gasteiger partial charge on any atom is 0.125 e. The van der Waals surface area contributed by atoms with Crippen molar-refractivity contribution in [2.24, 2.45) is 5.73 Å². The number of halogens is 1. The third-order valence-corrected chi connectivity index (χ3v) is 2.08. The molecular weight excluding hydrogens is 181 g/mol. The molecule has 0 amide bonds. The van der Waals surface area contributed by atoms with Crippen LogP contribution in [0.2, 0.25) is 0 Å². The molecule has 0 aromatic heterocycles. The molecule has 0 radical (unpaired) electrons. The number of alkyl halides is 1. The zero-order valence-corrected chi connectivity index (χ0v) is 8.64. The summed E-state index contributed by atoms with van der Waals surface area (Å²) in [5.41, 5.74) is 8.64. The van der Waals surface area contributed by atoms with Crippen LogP contribution in [-0.4, -0.2) is 13.3 Å². The van der Waals surface area contributed by atoms with E-state index in [1.165, 1.54) is 0 Å². The lowest BCUT2D eigenvalue weighted by molar-refractivity contribution is 0.270. The molecule has 0 unspecified atom stereocenters. The Bertz CT molecular complexity index is 289. The van der Waals surface area contributed by atoms with Gasteiger partial charge in [0, 0.05) is 6.54 Å². The van der Waals surface area contributed by atoms with Crippen LogP contribution in [0.3, 0.4) is 0 Å². The number of rotatable bonds is 4. The van der Waals surface area contributed by atoms with Crippen LogP contribution < -0.4 is 10.5 Å². The second-order valence-corrected chi connectivity index (χ2v) is 3.30. The zero-order chi connectivity index (χ0) is 10.6. The van der Waals surface area contributed by atoms with Crippen LogP contribution in [0.5, 0.6) is 5.75 Å². The van der Waals surface area contributed by atoms with Crippen LogP contribution in [0.15, 0.2) is 12.1 Å². The Morgan fingerprint density at radius 2 is 1.86 bits per heavy atom. The van der Waals surface area contributed by atoms with Gasteiger partial charge in [0.1, 0.15) is 19.0 Å². The summed E-state index contributed by atoms with van der Waals surface area (Å²) in [4.78, 5) is 0. The first-order valence-corrected chi connectivity index (χ1v) is 4.68. The van der Waals surface area contributed by atoms with Gasteiger partial charge in [-0.2, -0.15) is 0 Å². The first-order valence-electron chi connectivity index (χ1n) is 4.68. The van der Waals surface area contributed by atoms with Gasteiger partial charge in [-0.15, -0.1) is 0 Å². The molecule has 78 valence electrons. The van der Waals surface area contributed by atoms with Gasteiger partial charge < -0.3 is 10.5 Å². The number of ether oxygens (including phenoxy) is 1. The zero-order valence-electron chi connectivity index (χ0n) is 8.64. The number of hydrogen-bond acceptors (Lipinski definition) is 2. The van der Waals surface area contributed by atoms with Gasteiger partial charge in [0.2, 0.25) is 0 Å². The van der Waals surface area contributed by atoms with Crippen LogP contribution in [0.25, 0.3) is 0 Å². The van der Waals surface area contributed by atoms with Gasteiger partial charge in [-0.1, -0.05) is 12.1 Å². The monoisotopic (exact) mass is 197 g/mol. The van der Waals surface area contributed by atoms with Crippen LogP contribution in [0.4, 0.5) is 4.39 Å². The maximum absolute atomic E-state index is 11.9. The van der Waals surface area contributed by atoms with Crippen molar-refractivity contribution in [3.05, 3.63) is 28.8 Å². The van der Waals surface area contributed by atoms with E-state index in [-0.39, 0.29) is 6.61 Å². The maximum atomic E-state index is 11.9. The van der Waals surface area contributed by atoms with Gasteiger partial charge in [-0.3, -0.25) is 0 Å². The quantitative estimate of drug-likeness (QED) is 0.802. The van der Waals surface area contributed by atoms with Gasteiger partial charge in [0.05, 0.1) is 0 Å². The molecule has 1 aromatic rings. The number of benzene rings is 1. The van der Waals surface area contributed by atoms with E-state index in [1.54, 1.807) is 0 Å². The fourth-order valence-electron chi connectivity index (χ4n) is 1.53. The molecule has 0 saturated carbocycles. The molecule has 3 heteroatoms. The molecule has 2 N–H and O–H groups in total. The normalized spacial score (nSPS) is 10.3. The molecule has 0 aliphatic carbocycles. The average molecular weight is 197 g/mol. The van der Waals surface area contributed by atoms with Crippen LogP contribution >= 0.6 is 0 Å². The van der Waals surface area contributed by atoms with Gasteiger partial charge >= 0.3 is 0 Å². The summed E-state index contributed by atoms with van der Waals surface area (Å²) in [7, 11) is 0. The summed E-state index contributed by atoms with van der Waals surface area (Å²) in [5, 5.41) is 0. The highest BCUT2D eigenvalue weighted by Crippen LogP contribution is 2.24. The SMILES string of the molecule is Cc1cc(CN)cc(C)c1OCCF. The largest absolute Gasteiger partial charge is 0.490 e. The highest BCUT2D eigenvalue weighted by atomic mass is 19.1. The fourth-order valence-corrected chi connectivity index (χ4v) is 1.53. The second kappa shape index (κ2) is 4.96. The number of hydrogen-bond donors (Lipinski definition) is 1. The molecule has 0 spiro atoms. The Labute approximate surface area is 83.9 Å². The topological polar surface area (TPSA) is 35.2 Å². The van der Waals surface area contributed by atoms with E-state index in [4.69, 9.17) is 10.5 Å². The molecule has 0 atom stereocenters. The molecule has 1 aromatic carbocycles. The van der Waals surface area contributed by atoms with Gasteiger partial charge in [0.25, 0.3) is 0 Å². The second-order valence-electron chi connectivity index (χ2n) is 3.30. The molecule has 0 bridgehead atoms. The summed E-state index contributed by atoms with van der Waals surface area (Å²) in [5.74, 6) is 0.778. The number of aryl methyl sites for hydroxylation is 2. The lowest BCUT2D eigenvalue weighted by atomic mass is 10.1. The van der Waals surface area contributed by atoms with Crippen molar-refractivity contribution in [2.75, 3.05) is 13.3 Å². The van der Waals surface area contributed by atoms with E-state index in [2.05, 4.69) is 0 Å². The smallest absolute Gasteiger partial charge is 0.125 e. The summed E-state index contributed by atoms with van der Waals surface area (Å²) in [6, 6.07) is 3.95. The van der Waals surface area contributed by atoms with Crippen molar-refractivity contribution in [2.45, 2.75) is 20.4 Å². The van der Waals surface area contributed by atoms with Crippen molar-refractivity contribution in [3.8, 4) is 5.75 Å². The van der Waals surface area contributed by atoms with Crippen molar-refractivity contribution < 1.29 is 9.13 Å². The summed E-state index contributed by atoms with van der Waals surface area (Å²) < 4.78 is 17.2. The molecule has 1 rings (SSSR count). The minimum atomic E-state index is -0.461. The van der Waals surface area contributed by atoms with Crippen molar-refractivity contribution >= 4 is 0 Å². The Kier molecular flexibility index (Phi) is 3.89. The van der Waals surface area contributed by atoms with E-state index in [9.17, 15) is 4.39 Å². The molecule has 0 aliphatic rings. The third-order valence-electron chi connectivity index (χ3n) is 2.08. The lowest BCUT2D eigenvalue weighted by Gasteiger charge is -2.12. The first-order chi connectivity index (χ1) is 6.69. The molecular formula is C11H16FNO. The lowest BCUT2D eigenvalue weighted by Crippen LogP contribution is -2.04. The summed E-state index contributed by atoms with van der Waals surface area (Å²) in [6.45, 7) is 4.06. The minimum Gasteiger partial charge on any atom is -0.490 e. The molecule has 0 fully saturated rings. The highest BCUT2D eigenvalue weighted by molar-refractivity contribution is 5.43. The van der Waals surface area contributed by atoms with Crippen molar-refractivity contribution in [3.63, 3.8) is 0 Å². The van der Waals surface area contributed by atoms with Crippen LogP contribution in [0, 0.1) is 13.8 Å². The number of nitrogens with two attached hydrogens (primary N) is 1. The predicted octanol–water partition coefficient (Wildman–Crippen LogP) is 2.11. The van der Waals surface area contributed by atoms with E-state index in [1.807, 2.05) is 26.0 Å². The molecule has 2 nitrogen and oxygen atoms in total. The summed E-state index contributed by atoms with van der Waals surface area (Å²) >= 11 is 0. The Balaban J connectivity index is 2.93. The molecule has 0 aliphatic heterocycles. The van der Waals surface area contributed by atoms with Gasteiger partial charge in [-0.25, -0.2) is 4.39 Å². The standard InChI is InChI=1S/C11H16FNO/c1-8-5-10(7-13)6-9(2)11(8)14-4-3-12/h5-6H,3-4,7,13H2,1-2H3. The van der Waals surface area contributed by atoms with Crippen LogP contribution in [-0.2, 0) is 6.54 Å². The van der Waals surface area contributed by atoms with E-state index < -0.39 is 6.67 Å². The Morgan fingerprint density at radius 3 is 2.29 bits per heavy atom. The van der Waals surface area contributed by atoms with Crippen molar-refractivity contribution in [1.82, 2.24) is 0 Å². The minimum absolute atomic E-state index is 0.115.